The number of amides is 1. The quantitative estimate of drug-likeness (QED) is 0.882. The number of carbonyl (C=O) groups is 1. The molecular weight excluding hydrogens is 268 g/mol. The van der Waals surface area contributed by atoms with E-state index in [2.05, 4.69) is 10.6 Å². The number of nitrogens with one attached hydrogen (secondary N) is 2. The van der Waals surface area contributed by atoms with Crippen LogP contribution in [0.3, 0.4) is 0 Å². The number of hydrogen-bond donors (Lipinski definition) is 2. The highest BCUT2D eigenvalue weighted by Gasteiger charge is 2.29. The number of benzene rings is 1. The Kier molecular flexibility index (Phi) is 4.01. The maximum Gasteiger partial charge on any atom is 0.223 e. The number of rotatable bonds is 4. The Bertz CT molecular complexity index is 528. The first kappa shape index (κ1) is 14.2. The minimum Gasteiger partial charge on any atom is -0.486 e. The summed E-state index contributed by atoms with van der Waals surface area (Å²) in [5, 5.41) is 6.29. The minimum absolute atomic E-state index is 0.0381. The Hall–Kier alpha value is -1.75. The molecular formula is C16H22N2O3. The number of fused-ring (bicyclic) bond motifs is 1. The predicted molar refractivity (Wildman–Crippen MR) is 79.5 cm³/mol. The van der Waals surface area contributed by atoms with Crippen LogP contribution in [0.2, 0.25) is 0 Å². The normalized spacial score (nSPS) is 20.3. The Morgan fingerprint density at radius 2 is 1.95 bits per heavy atom. The van der Waals surface area contributed by atoms with E-state index in [1.54, 1.807) is 0 Å². The second-order valence-corrected chi connectivity index (χ2v) is 5.84. The van der Waals surface area contributed by atoms with Crippen LogP contribution < -0.4 is 20.1 Å². The van der Waals surface area contributed by atoms with E-state index in [1.165, 1.54) is 0 Å². The molecule has 1 fully saturated rings. The highest BCUT2D eigenvalue weighted by atomic mass is 16.6. The van der Waals surface area contributed by atoms with Gasteiger partial charge in [0, 0.05) is 5.92 Å². The molecule has 1 amide bonds. The second kappa shape index (κ2) is 5.93. The summed E-state index contributed by atoms with van der Waals surface area (Å²) in [7, 11) is 0. The Labute approximate surface area is 125 Å². The molecule has 2 atom stereocenters. The molecule has 1 aromatic carbocycles. The van der Waals surface area contributed by atoms with Crippen LogP contribution in [0.5, 0.6) is 11.5 Å². The van der Waals surface area contributed by atoms with E-state index < -0.39 is 0 Å². The van der Waals surface area contributed by atoms with Gasteiger partial charge in [0.1, 0.15) is 13.2 Å². The lowest BCUT2D eigenvalue weighted by atomic mass is 9.88. The zero-order chi connectivity index (χ0) is 14.8. The number of carbonyl (C=O) groups excluding carboxylic acids is 1. The molecule has 2 unspecified atom stereocenters. The third-order valence-electron chi connectivity index (χ3n) is 4.36. The molecule has 1 saturated heterocycles. The van der Waals surface area contributed by atoms with Crippen molar-refractivity contribution < 1.29 is 14.3 Å². The molecule has 2 aliphatic rings. The lowest BCUT2D eigenvalue weighted by Gasteiger charge is -2.32. The molecule has 0 aliphatic carbocycles. The summed E-state index contributed by atoms with van der Waals surface area (Å²) >= 11 is 0. The Morgan fingerprint density at radius 1 is 1.24 bits per heavy atom. The average Bonchev–Trinajstić information content (AvgIpc) is 2.44. The summed E-state index contributed by atoms with van der Waals surface area (Å²) < 4.78 is 11.1. The van der Waals surface area contributed by atoms with E-state index in [1.807, 2.05) is 32.0 Å². The van der Waals surface area contributed by atoms with E-state index in [9.17, 15) is 4.79 Å². The van der Waals surface area contributed by atoms with Gasteiger partial charge in [0.2, 0.25) is 5.91 Å². The van der Waals surface area contributed by atoms with Crippen molar-refractivity contribution >= 4 is 5.91 Å². The van der Waals surface area contributed by atoms with Gasteiger partial charge in [-0.1, -0.05) is 13.0 Å². The molecule has 0 saturated carbocycles. The van der Waals surface area contributed by atoms with E-state index in [0.717, 1.165) is 30.2 Å². The second-order valence-electron chi connectivity index (χ2n) is 5.84. The van der Waals surface area contributed by atoms with Crippen molar-refractivity contribution in [1.29, 1.82) is 0 Å². The molecule has 0 bridgehead atoms. The number of ether oxygens (including phenoxy) is 2. The maximum absolute atomic E-state index is 12.3. The first-order valence-corrected chi connectivity index (χ1v) is 7.56. The SMILES string of the molecule is CC(NC(=O)C(C)C1CNC1)c1ccc2c(c1)OCCO2. The van der Waals surface area contributed by atoms with Gasteiger partial charge in [-0.25, -0.2) is 0 Å². The lowest BCUT2D eigenvalue weighted by molar-refractivity contribution is -0.127. The fraction of sp³-hybridized carbons (Fsp3) is 0.562. The standard InChI is InChI=1S/C16H22N2O3/c1-10(13-8-17-9-13)16(19)18-11(2)12-3-4-14-15(7-12)21-6-5-20-14/h3-4,7,10-11,13,17H,5-6,8-9H2,1-2H3,(H,18,19). The van der Waals surface area contributed by atoms with E-state index in [4.69, 9.17) is 9.47 Å². The van der Waals surface area contributed by atoms with Gasteiger partial charge in [0.15, 0.2) is 11.5 Å². The summed E-state index contributed by atoms with van der Waals surface area (Å²) in [4.78, 5) is 12.3. The molecule has 5 heteroatoms. The van der Waals surface area contributed by atoms with Crippen molar-refractivity contribution in [2.75, 3.05) is 26.3 Å². The van der Waals surface area contributed by atoms with Gasteiger partial charge >= 0.3 is 0 Å². The monoisotopic (exact) mass is 290 g/mol. The molecule has 3 rings (SSSR count). The minimum atomic E-state index is -0.0381. The van der Waals surface area contributed by atoms with Gasteiger partial charge in [-0.2, -0.15) is 0 Å². The molecule has 114 valence electrons. The van der Waals surface area contributed by atoms with Gasteiger partial charge in [-0.3, -0.25) is 4.79 Å². The van der Waals surface area contributed by atoms with Gasteiger partial charge < -0.3 is 20.1 Å². The van der Waals surface area contributed by atoms with Crippen molar-refractivity contribution in [3.05, 3.63) is 23.8 Å². The molecule has 2 aliphatic heterocycles. The van der Waals surface area contributed by atoms with Crippen LogP contribution in [0.1, 0.15) is 25.5 Å². The molecule has 0 radical (unpaired) electrons. The van der Waals surface area contributed by atoms with Gasteiger partial charge in [0.05, 0.1) is 6.04 Å². The summed E-state index contributed by atoms with van der Waals surface area (Å²) in [6.45, 7) is 7.03. The van der Waals surface area contributed by atoms with Crippen molar-refractivity contribution in [3.8, 4) is 11.5 Å². The number of hydrogen-bond acceptors (Lipinski definition) is 4. The van der Waals surface area contributed by atoms with Gasteiger partial charge in [-0.15, -0.1) is 0 Å². The Balaban J connectivity index is 1.64. The highest BCUT2D eigenvalue weighted by molar-refractivity contribution is 5.79. The zero-order valence-corrected chi connectivity index (χ0v) is 12.5. The lowest BCUT2D eigenvalue weighted by Crippen LogP contribution is -2.49. The first-order valence-electron chi connectivity index (χ1n) is 7.56. The smallest absolute Gasteiger partial charge is 0.223 e. The van der Waals surface area contributed by atoms with E-state index in [0.29, 0.717) is 19.1 Å². The van der Waals surface area contributed by atoms with Crippen molar-refractivity contribution in [2.24, 2.45) is 11.8 Å². The fourth-order valence-corrected chi connectivity index (χ4v) is 2.64. The molecule has 5 nitrogen and oxygen atoms in total. The molecule has 2 heterocycles. The predicted octanol–water partition coefficient (Wildman–Crippen LogP) is 1.49. The van der Waals surface area contributed by atoms with Crippen molar-refractivity contribution in [1.82, 2.24) is 10.6 Å². The molecule has 1 aromatic rings. The van der Waals surface area contributed by atoms with Crippen LogP contribution in [0, 0.1) is 11.8 Å². The van der Waals surface area contributed by atoms with Crippen LogP contribution in [-0.4, -0.2) is 32.2 Å². The van der Waals surface area contributed by atoms with E-state index in [-0.39, 0.29) is 17.9 Å². The largest absolute Gasteiger partial charge is 0.486 e. The Morgan fingerprint density at radius 3 is 2.62 bits per heavy atom. The fourth-order valence-electron chi connectivity index (χ4n) is 2.64. The topological polar surface area (TPSA) is 59.6 Å². The summed E-state index contributed by atoms with van der Waals surface area (Å²) in [5.41, 5.74) is 1.03. The first-order chi connectivity index (χ1) is 10.1. The van der Waals surface area contributed by atoms with Crippen LogP contribution in [0.15, 0.2) is 18.2 Å². The summed E-state index contributed by atoms with van der Waals surface area (Å²) in [6.07, 6.45) is 0. The molecule has 2 N–H and O–H groups in total. The third kappa shape index (κ3) is 2.97. The third-order valence-corrected chi connectivity index (χ3v) is 4.36. The van der Waals surface area contributed by atoms with Gasteiger partial charge in [0.25, 0.3) is 0 Å². The van der Waals surface area contributed by atoms with Gasteiger partial charge in [-0.05, 0) is 43.6 Å². The highest BCUT2D eigenvalue weighted by Crippen LogP contribution is 2.32. The summed E-state index contributed by atoms with van der Waals surface area (Å²) in [5.74, 6) is 2.15. The van der Waals surface area contributed by atoms with Crippen LogP contribution >= 0.6 is 0 Å². The summed E-state index contributed by atoms with van der Waals surface area (Å²) in [6, 6.07) is 5.80. The van der Waals surface area contributed by atoms with Crippen LogP contribution in [0.25, 0.3) is 0 Å². The average molecular weight is 290 g/mol. The van der Waals surface area contributed by atoms with Crippen LogP contribution in [0.4, 0.5) is 0 Å². The maximum atomic E-state index is 12.3. The molecule has 21 heavy (non-hydrogen) atoms. The molecule has 0 aromatic heterocycles. The van der Waals surface area contributed by atoms with Crippen molar-refractivity contribution in [3.63, 3.8) is 0 Å². The van der Waals surface area contributed by atoms with E-state index >= 15 is 0 Å². The van der Waals surface area contributed by atoms with Crippen molar-refractivity contribution in [2.45, 2.75) is 19.9 Å². The van der Waals surface area contributed by atoms with Crippen LogP contribution in [-0.2, 0) is 4.79 Å². The molecule has 0 spiro atoms. The zero-order valence-electron chi connectivity index (χ0n) is 12.5.